The fraction of sp³-hybridized carbons (Fsp3) is 0.0196. The molecule has 0 aromatic heterocycles. The van der Waals surface area contributed by atoms with Gasteiger partial charge in [0.15, 0.2) is 0 Å². The smallest absolute Gasteiger partial charge is 0.0546 e. The highest BCUT2D eigenvalue weighted by molar-refractivity contribution is 6.24. The summed E-state index contributed by atoms with van der Waals surface area (Å²) in [6.07, 6.45) is 0. The van der Waals surface area contributed by atoms with Gasteiger partial charge in [-0.25, -0.2) is 0 Å². The van der Waals surface area contributed by atoms with Crippen molar-refractivity contribution in [3.05, 3.63) is 206 Å². The van der Waals surface area contributed by atoms with Gasteiger partial charge in [-0.15, -0.1) is 0 Å². The van der Waals surface area contributed by atoms with Crippen LogP contribution >= 0.6 is 0 Å². The molecule has 2 nitrogen and oxygen atoms in total. The highest BCUT2D eigenvalue weighted by atomic mass is 15.2. The second-order valence-electron chi connectivity index (χ2n) is 13.8. The number of hydrogen-bond donors (Lipinski definition) is 0. The first-order valence-electron chi connectivity index (χ1n) is 18.3. The van der Waals surface area contributed by atoms with Crippen LogP contribution in [-0.2, 0) is 0 Å². The Bertz CT molecular complexity index is 2980. The summed E-state index contributed by atoms with van der Waals surface area (Å²) in [5.74, 6) is 0. The molecule has 250 valence electrons. The second-order valence-corrected chi connectivity index (χ2v) is 13.8. The third-order valence-electron chi connectivity index (χ3n) is 10.7. The Hall–Kier alpha value is -6.90. The van der Waals surface area contributed by atoms with Crippen molar-refractivity contribution in [2.24, 2.45) is 0 Å². The number of fused-ring (bicyclic) bond motifs is 7. The third kappa shape index (κ3) is 5.27. The maximum absolute atomic E-state index is 2.46. The average Bonchev–Trinajstić information content (AvgIpc) is 3.22. The molecule has 53 heavy (non-hydrogen) atoms. The molecular weight excluding hydrogens is 641 g/mol. The van der Waals surface area contributed by atoms with Crippen LogP contribution in [0.25, 0.3) is 53.9 Å². The first-order valence-corrected chi connectivity index (χ1v) is 18.3. The first kappa shape index (κ1) is 30.9. The van der Waals surface area contributed by atoms with Crippen molar-refractivity contribution in [2.75, 3.05) is 9.80 Å². The zero-order chi connectivity index (χ0) is 35.3. The Morgan fingerprint density at radius 2 is 0.698 bits per heavy atom. The van der Waals surface area contributed by atoms with Gasteiger partial charge in [-0.2, -0.15) is 0 Å². The van der Waals surface area contributed by atoms with Gasteiger partial charge in [0.1, 0.15) is 0 Å². The molecule has 0 saturated heterocycles. The van der Waals surface area contributed by atoms with Gasteiger partial charge < -0.3 is 9.80 Å². The van der Waals surface area contributed by atoms with Gasteiger partial charge in [0.25, 0.3) is 0 Å². The molecule has 0 amide bonds. The minimum absolute atomic E-state index is 1.12. The SMILES string of the molecule is Cc1ccccc1N(c1ccc2ccccc2c1)c1cc2c3ccccc3c(N(c3ccccc3)c3ccc4ccccc4c3)cc2c2ccccc12. The molecule has 0 aliphatic carbocycles. The Morgan fingerprint density at radius 3 is 1.26 bits per heavy atom. The largest absolute Gasteiger partial charge is 0.310 e. The average molecular weight is 677 g/mol. The van der Waals surface area contributed by atoms with E-state index in [1.54, 1.807) is 0 Å². The fourth-order valence-electron chi connectivity index (χ4n) is 8.14. The van der Waals surface area contributed by atoms with Crippen LogP contribution in [-0.4, -0.2) is 0 Å². The Balaban J connectivity index is 1.28. The van der Waals surface area contributed by atoms with E-state index in [2.05, 4.69) is 217 Å². The van der Waals surface area contributed by atoms with Crippen LogP contribution in [0.5, 0.6) is 0 Å². The standard InChI is InChI=1S/C51H36N2/c1-35-15-5-14-26-49(35)53(42-30-28-37-17-7-9-19-39(37)32-42)51-34-48-43-22-10-12-24-45(43)50(33-47(48)44-23-11-13-25-46(44)51)52(40-20-3-2-4-21-40)41-29-27-36-16-6-8-18-38(36)31-41/h2-34H,1H3. The van der Waals surface area contributed by atoms with Gasteiger partial charge in [-0.3, -0.25) is 0 Å². The van der Waals surface area contributed by atoms with Gasteiger partial charge in [0.2, 0.25) is 0 Å². The van der Waals surface area contributed by atoms with E-state index in [9.17, 15) is 0 Å². The summed E-state index contributed by atoms with van der Waals surface area (Å²) in [4.78, 5) is 4.88. The Labute approximate surface area is 309 Å². The molecule has 0 fully saturated rings. The molecule has 0 radical (unpaired) electrons. The minimum atomic E-state index is 1.12. The van der Waals surface area contributed by atoms with E-state index in [4.69, 9.17) is 0 Å². The van der Waals surface area contributed by atoms with Crippen LogP contribution in [0.2, 0.25) is 0 Å². The number of anilines is 6. The van der Waals surface area contributed by atoms with E-state index in [0.29, 0.717) is 0 Å². The molecule has 0 saturated carbocycles. The van der Waals surface area contributed by atoms with Crippen molar-refractivity contribution >= 4 is 88.0 Å². The Kier molecular flexibility index (Phi) is 7.40. The predicted molar refractivity (Wildman–Crippen MR) is 228 cm³/mol. The minimum Gasteiger partial charge on any atom is -0.310 e. The van der Waals surface area contributed by atoms with Gasteiger partial charge >= 0.3 is 0 Å². The van der Waals surface area contributed by atoms with Crippen LogP contribution in [0.4, 0.5) is 34.1 Å². The summed E-state index contributed by atoms with van der Waals surface area (Å²) in [7, 11) is 0. The van der Waals surface area contributed by atoms with Crippen molar-refractivity contribution in [2.45, 2.75) is 6.92 Å². The normalized spacial score (nSPS) is 11.5. The molecule has 0 aliphatic heterocycles. The molecule has 10 rings (SSSR count). The van der Waals surface area contributed by atoms with Gasteiger partial charge in [0, 0.05) is 33.5 Å². The molecule has 0 bridgehead atoms. The number of aryl methyl sites for hydroxylation is 1. The van der Waals surface area contributed by atoms with E-state index in [0.717, 1.165) is 28.4 Å². The van der Waals surface area contributed by atoms with Crippen molar-refractivity contribution < 1.29 is 0 Å². The third-order valence-corrected chi connectivity index (χ3v) is 10.7. The second kappa shape index (κ2) is 12.7. The molecular formula is C51H36N2. The summed E-state index contributed by atoms with van der Waals surface area (Å²) in [6.45, 7) is 2.21. The van der Waals surface area contributed by atoms with Crippen molar-refractivity contribution in [1.82, 2.24) is 0 Å². The lowest BCUT2D eigenvalue weighted by atomic mass is 9.93. The van der Waals surface area contributed by atoms with E-state index in [1.165, 1.54) is 65.1 Å². The number of benzene rings is 10. The Morgan fingerprint density at radius 1 is 0.264 bits per heavy atom. The van der Waals surface area contributed by atoms with E-state index >= 15 is 0 Å². The monoisotopic (exact) mass is 676 g/mol. The fourth-order valence-corrected chi connectivity index (χ4v) is 8.14. The summed E-state index contributed by atoms with van der Waals surface area (Å²) in [6, 6.07) is 73.0. The molecule has 10 aromatic rings. The van der Waals surface area contributed by atoms with Crippen LogP contribution < -0.4 is 9.80 Å². The number of para-hydroxylation sites is 2. The zero-order valence-electron chi connectivity index (χ0n) is 29.4. The molecule has 0 heterocycles. The van der Waals surface area contributed by atoms with Crippen molar-refractivity contribution in [3.8, 4) is 0 Å². The topological polar surface area (TPSA) is 6.48 Å². The van der Waals surface area contributed by atoms with Crippen LogP contribution in [0, 0.1) is 6.92 Å². The van der Waals surface area contributed by atoms with Crippen molar-refractivity contribution in [3.63, 3.8) is 0 Å². The maximum Gasteiger partial charge on any atom is 0.0546 e. The molecule has 0 aliphatic rings. The van der Waals surface area contributed by atoms with Gasteiger partial charge in [-0.05, 0) is 110 Å². The summed E-state index contributed by atoms with van der Waals surface area (Å²) < 4.78 is 0. The van der Waals surface area contributed by atoms with Gasteiger partial charge in [0.05, 0.1) is 11.4 Å². The van der Waals surface area contributed by atoms with E-state index in [1.807, 2.05) is 0 Å². The van der Waals surface area contributed by atoms with E-state index < -0.39 is 0 Å². The highest BCUT2D eigenvalue weighted by Gasteiger charge is 2.22. The molecule has 0 unspecified atom stereocenters. The lowest BCUT2D eigenvalue weighted by molar-refractivity contribution is 1.27. The lowest BCUT2D eigenvalue weighted by Crippen LogP contribution is -2.12. The number of hydrogen-bond acceptors (Lipinski definition) is 2. The molecule has 2 heteroatoms. The zero-order valence-corrected chi connectivity index (χ0v) is 29.4. The summed E-state index contributed by atoms with van der Waals surface area (Å²) in [5.41, 5.74) is 8.08. The van der Waals surface area contributed by atoms with Crippen LogP contribution in [0.3, 0.4) is 0 Å². The van der Waals surface area contributed by atoms with E-state index in [-0.39, 0.29) is 0 Å². The maximum atomic E-state index is 2.46. The molecule has 10 aromatic carbocycles. The molecule has 0 spiro atoms. The quantitative estimate of drug-likeness (QED) is 0.162. The lowest BCUT2D eigenvalue weighted by Gasteiger charge is -2.30. The molecule has 0 atom stereocenters. The number of nitrogens with zero attached hydrogens (tertiary/aromatic N) is 2. The van der Waals surface area contributed by atoms with Crippen LogP contribution in [0.1, 0.15) is 5.56 Å². The van der Waals surface area contributed by atoms with Gasteiger partial charge in [-0.1, -0.05) is 146 Å². The summed E-state index contributed by atoms with van der Waals surface area (Å²) in [5, 5.41) is 12.2. The van der Waals surface area contributed by atoms with Crippen LogP contribution in [0.15, 0.2) is 200 Å². The molecule has 0 N–H and O–H groups in total. The highest BCUT2D eigenvalue weighted by Crippen LogP contribution is 2.48. The van der Waals surface area contributed by atoms with Crippen molar-refractivity contribution in [1.29, 1.82) is 0 Å². The number of rotatable bonds is 6. The predicted octanol–water partition coefficient (Wildman–Crippen LogP) is 14.7. The first-order chi connectivity index (χ1) is 26.2. The summed E-state index contributed by atoms with van der Waals surface area (Å²) >= 11 is 0.